The van der Waals surface area contributed by atoms with Crippen LogP contribution in [0.1, 0.15) is 5.56 Å². The van der Waals surface area contributed by atoms with Gasteiger partial charge in [-0.05, 0) is 38.5 Å². The second kappa shape index (κ2) is 9.62. The van der Waals surface area contributed by atoms with Crippen LogP contribution in [0.3, 0.4) is 0 Å². The van der Waals surface area contributed by atoms with Crippen LogP contribution in [0.25, 0.3) is 0 Å². The molecule has 2 aromatic heterocycles. The number of anilines is 5. The number of nitrogens with one attached hydrogen (secondary N) is 3. The van der Waals surface area contributed by atoms with Crippen LogP contribution in [-0.2, 0) is 9.36 Å². The molecule has 1 aromatic carbocycles. The Morgan fingerprint density at radius 1 is 1.12 bits per heavy atom. The number of benzene rings is 1. The van der Waals surface area contributed by atoms with Crippen molar-refractivity contribution in [2.24, 2.45) is 0 Å². The van der Waals surface area contributed by atoms with Crippen LogP contribution >= 0.6 is 7.14 Å². The maximum absolute atomic E-state index is 12.7. The predicted molar refractivity (Wildman–Crippen MR) is 128 cm³/mol. The highest BCUT2D eigenvalue weighted by atomic mass is 31.2. The summed E-state index contributed by atoms with van der Waals surface area (Å²) in [6, 6.07) is 9.05. The van der Waals surface area contributed by atoms with Crippen molar-refractivity contribution in [3.63, 3.8) is 0 Å². The number of carbonyl (C=O) groups excluding carboxylic acids is 1. The summed E-state index contributed by atoms with van der Waals surface area (Å²) in [5.74, 6) is 1.26. The number of para-hydroxylation sites is 1. The van der Waals surface area contributed by atoms with E-state index in [0.29, 0.717) is 29.0 Å². The molecule has 2 heterocycles. The first kappa shape index (κ1) is 23.0. The van der Waals surface area contributed by atoms with E-state index in [1.807, 2.05) is 31.2 Å². The smallest absolute Gasteiger partial charge is 0.248 e. The second-order valence-corrected chi connectivity index (χ2v) is 10.5. The second-order valence-electron chi connectivity index (χ2n) is 7.31. The Morgan fingerprint density at radius 2 is 1.88 bits per heavy atom. The SMILES string of the molecule is C=CC(=O)Nc1cc(Nc2ncc(C)c(Nc3ccccc3P(C)(C)=O)n2)c(OC)cn1. The van der Waals surface area contributed by atoms with Gasteiger partial charge in [0, 0.05) is 23.1 Å². The molecule has 0 aliphatic carbocycles. The molecule has 0 radical (unpaired) electrons. The molecule has 0 aliphatic heterocycles. The summed E-state index contributed by atoms with van der Waals surface area (Å²) in [7, 11) is -0.980. The minimum Gasteiger partial charge on any atom is -0.493 e. The maximum atomic E-state index is 12.7. The first-order chi connectivity index (χ1) is 15.2. The lowest BCUT2D eigenvalue weighted by atomic mass is 10.3. The molecule has 0 aliphatic rings. The molecular weight excluding hydrogens is 427 g/mol. The molecule has 0 unspecified atom stereocenters. The molecule has 9 nitrogen and oxygen atoms in total. The zero-order chi connectivity index (χ0) is 23.3. The fraction of sp³-hybridized carbons (Fsp3) is 0.182. The van der Waals surface area contributed by atoms with E-state index in [-0.39, 0.29) is 5.91 Å². The third-order valence-corrected chi connectivity index (χ3v) is 6.03. The number of ether oxygens (including phenoxy) is 1. The van der Waals surface area contributed by atoms with Crippen LogP contribution in [0.2, 0.25) is 0 Å². The average molecular weight is 452 g/mol. The summed E-state index contributed by atoms with van der Waals surface area (Å²) in [6.45, 7) is 8.76. The number of hydrogen-bond donors (Lipinski definition) is 3. The lowest BCUT2D eigenvalue weighted by molar-refractivity contribution is -0.111. The number of rotatable bonds is 8. The Balaban J connectivity index is 1.92. The van der Waals surface area contributed by atoms with Gasteiger partial charge in [-0.2, -0.15) is 4.98 Å². The van der Waals surface area contributed by atoms with Gasteiger partial charge in [0.1, 0.15) is 18.8 Å². The first-order valence-electron chi connectivity index (χ1n) is 9.71. The number of aromatic nitrogens is 3. The van der Waals surface area contributed by atoms with Crippen molar-refractivity contribution in [1.29, 1.82) is 0 Å². The van der Waals surface area contributed by atoms with Gasteiger partial charge in [-0.25, -0.2) is 9.97 Å². The molecule has 32 heavy (non-hydrogen) atoms. The number of pyridine rings is 1. The molecule has 166 valence electrons. The van der Waals surface area contributed by atoms with Gasteiger partial charge in [0.05, 0.1) is 24.7 Å². The largest absolute Gasteiger partial charge is 0.493 e. The van der Waals surface area contributed by atoms with Crippen molar-refractivity contribution in [1.82, 2.24) is 15.0 Å². The normalized spacial score (nSPS) is 10.9. The Morgan fingerprint density at radius 3 is 2.56 bits per heavy atom. The van der Waals surface area contributed by atoms with Crippen molar-refractivity contribution in [3.05, 3.63) is 60.9 Å². The van der Waals surface area contributed by atoms with Crippen molar-refractivity contribution in [2.75, 3.05) is 36.4 Å². The van der Waals surface area contributed by atoms with Gasteiger partial charge < -0.3 is 25.3 Å². The van der Waals surface area contributed by atoms with Crippen LogP contribution in [0.4, 0.5) is 29.0 Å². The molecule has 0 fully saturated rings. The van der Waals surface area contributed by atoms with E-state index in [2.05, 4.69) is 37.5 Å². The number of methoxy groups -OCH3 is 1. The average Bonchev–Trinajstić information content (AvgIpc) is 2.76. The lowest BCUT2D eigenvalue weighted by Gasteiger charge is -2.16. The standard InChI is InChI=1S/C22H25N6O3P/c1-6-20(29)27-19-11-16(17(31-3)13-23-19)26-22-24-12-14(2)21(28-22)25-15-9-7-8-10-18(15)32(4,5)30/h6-13H,1H2,2-5H3,(H3,23,24,25,26,27,28,29). The Hall–Kier alpha value is -3.71. The highest BCUT2D eigenvalue weighted by molar-refractivity contribution is 7.70. The monoisotopic (exact) mass is 452 g/mol. The Labute approximate surface area is 186 Å². The zero-order valence-corrected chi connectivity index (χ0v) is 19.2. The van der Waals surface area contributed by atoms with Gasteiger partial charge in [0.2, 0.25) is 11.9 Å². The van der Waals surface area contributed by atoms with Crippen molar-refractivity contribution in [2.45, 2.75) is 6.92 Å². The van der Waals surface area contributed by atoms with E-state index >= 15 is 0 Å². The Bertz CT molecular complexity index is 1210. The number of carbonyl (C=O) groups is 1. The van der Waals surface area contributed by atoms with Gasteiger partial charge in [-0.1, -0.05) is 18.7 Å². The molecule has 0 bridgehead atoms. The third kappa shape index (κ3) is 5.50. The van der Waals surface area contributed by atoms with Gasteiger partial charge in [0.15, 0.2) is 5.75 Å². The minimum absolute atomic E-state index is 0.303. The molecule has 1 amide bonds. The molecule has 3 rings (SSSR count). The van der Waals surface area contributed by atoms with Gasteiger partial charge >= 0.3 is 0 Å². The molecule has 0 atom stereocenters. The summed E-state index contributed by atoms with van der Waals surface area (Å²) in [5, 5.41) is 9.71. The molecule has 3 aromatic rings. The number of hydrogen-bond acceptors (Lipinski definition) is 8. The molecule has 10 heteroatoms. The fourth-order valence-corrected chi connectivity index (χ4v) is 4.03. The van der Waals surface area contributed by atoms with Crippen molar-refractivity contribution < 1.29 is 14.1 Å². The van der Waals surface area contributed by atoms with E-state index in [4.69, 9.17) is 4.74 Å². The zero-order valence-electron chi connectivity index (χ0n) is 18.3. The van der Waals surface area contributed by atoms with Crippen LogP contribution in [0.15, 0.2) is 55.4 Å². The summed E-state index contributed by atoms with van der Waals surface area (Å²) < 4.78 is 18.0. The van der Waals surface area contributed by atoms with Gasteiger partial charge in [-0.15, -0.1) is 0 Å². The van der Waals surface area contributed by atoms with Crippen LogP contribution < -0.4 is 26.0 Å². The minimum atomic E-state index is -2.49. The third-order valence-electron chi connectivity index (χ3n) is 4.48. The van der Waals surface area contributed by atoms with Crippen LogP contribution in [0.5, 0.6) is 5.75 Å². The summed E-state index contributed by atoms with van der Waals surface area (Å²) in [5.41, 5.74) is 2.06. The van der Waals surface area contributed by atoms with Crippen molar-refractivity contribution in [3.8, 4) is 5.75 Å². The van der Waals surface area contributed by atoms with Crippen molar-refractivity contribution >= 4 is 47.3 Å². The molecular formula is C22H25N6O3P. The molecule has 0 saturated heterocycles. The number of amides is 1. The van der Waals surface area contributed by atoms with Crippen LogP contribution in [0, 0.1) is 6.92 Å². The Kier molecular flexibility index (Phi) is 6.90. The molecule has 3 N–H and O–H groups in total. The lowest BCUT2D eigenvalue weighted by Crippen LogP contribution is -2.12. The van der Waals surface area contributed by atoms with E-state index in [1.54, 1.807) is 25.6 Å². The van der Waals surface area contributed by atoms with Gasteiger partial charge in [-0.3, -0.25) is 4.79 Å². The van der Waals surface area contributed by atoms with Crippen LogP contribution in [-0.4, -0.2) is 41.3 Å². The summed E-state index contributed by atoms with van der Waals surface area (Å²) >= 11 is 0. The number of nitrogens with zero attached hydrogens (tertiary/aromatic N) is 3. The molecule has 0 spiro atoms. The topological polar surface area (TPSA) is 118 Å². The molecule has 0 saturated carbocycles. The fourth-order valence-electron chi connectivity index (χ4n) is 2.87. The maximum Gasteiger partial charge on any atom is 0.248 e. The quantitative estimate of drug-likeness (QED) is 0.346. The van der Waals surface area contributed by atoms with E-state index < -0.39 is 7.14 Å². The van der Waals surface area contributed by atoms with E-state index in [0.717, 1.165) is 22.6 Å². The highest BCUT2D eigenvalue weighted by Crippen LogP contribution is 2.38. The first-order valence-corrected chi connectivity index (χ1v) is 12.3. The van der Waals surface area contributed by atoms with Gasteiger partial charge in [0.25, 0.3) is 0 Å². The van der Waals surface area contributed by atoms with E-state index in [1.165, 1.54) is 13.3 Å². The highest BCUT2D eigenvalue weighted by Gasteiger charge is 2.17. The van der Waals surface area contributed by atoms with E-state index in [9.17, 15) is 9.36 Å². The summed E-state index contributed by atoms with van der Waals surface area (Å²) in [4.78, 5) is 24.6. The predicted octanol–water partition coefficient (Wildman–Crippen LogP) is 4.05. The number of aryl methyl sites for hydroxylation is 1. The summed E-state index contributed by atoms with van der Waals surface area (Å²) in [6.07, 6.45) is 4.31.